The largest absolute Gasteiger partial charge is 0.354 e. The van der Waals surface area contributed by atoms with Crippen LogP contribution in [0.5, 0.6) is 0 Å². The van der Waals surface area contributed by atoms with Crippen molar-refractivity contribution in [2.24, 2.45) is 0 Å². The van der Waals surface area contributed by atoms with Crippen molar-refractivity contribution in [3.8, 4) is 0 Å². The molecule has 0 heterocycles. The molecule has 0 aromatic heterocycles. The molecule has 1 atom stereocenters. The number of aryl methyl sites for hydroxylation is 1. The second-order valence-electron chi connectivity index (χ2n) is 9.27. The molecule has 7 nitrogen and oxygen atoms in total. The molecular formula is C29H33ClFN3O4S. The summed E-state index contributed by atoms with van der Waals surface area (Å²) in [4.78, 5) is 28.0. The van der Waals surface area contributed by atoms with E-state index in [1.54, 1.807) is 31.2 Å². The van der Waals surface area contributed by atoms with Crippen molar-refractivity contribution >= 4 is 39.1 Å². The van der Waals surface area contributed by atoms with Crippen LogP contribution in [-0.2, 0) is 26.2 Å². The fourth-order valence-electron chi connectivity index (χ4n) is 3.88. The lowest BCUT2D eigenvalue weighted by Crippen LogP contribution is -2.51. The van der Waals surface area contributed by atoms with Gasteiger partial charge in [-0.15, -0.1) is 0 Å². The van der Waals surface area contributed by atoms with Gasteiger partial charge in [-0.2, -0.15) is 0 Å². The van der Waals surface area contributed by atoms with Crippen LogP contribution < -0.4 is 9.62 Å². The van der Waals surface area contributed by atoms with Crippen molar-refractivity contribution in [1.82, 2.24) is 10.2 Å². The molecule has 39 heavy (non-hydrogen) atoms. The maximum absolute atomic E-state index is 13.8. The molecule has 0 radical (unpaired) electrons. The monoisotopic (exact) mass is 573 g/mol. The van der Waals surface area contributed by atoms with Gasteiger partial charge < -0.3 is 10.2 Å². The van der Waals surface area contributed by atoms with Gasteiger partial charge in [0.2, 0.25) is 11.8 Å². The van der Waals surface area contributed by atoms with Gasteiger partial charge in [-0.25, -0.2) is 12.8 Å². The fourth-order valence-corrected chi connectivity index (χ4v) is 5.42. The Kier molecular flexibility index (Phi) is 10.5. The summed E-state index contributed by atoms with van der Waals surface area (Å²) < 4.78 is 42.1. The van der Waals surface area contributed by atoms with E-state index in [1.807, 2.05) is 13.8 Å². The summed E-state index contributed by atoms with van der Waals surface area (Å²) >= 11 is 5.97. The molecule has 3 rings (SSSR count). The number of amides is 2. The quantitative estimate of drug-likeness (QED) is 0.297. The maximum atomic E-state index is 13.8. The number of sulfonamides is 1. The number of unbranched alkanes of at least 4 members (excludes halogenated alkanes) is 1. The highest BCUT2D eigenvalue weighted by atomic mass is 35.5. The van der Waals surface area contributed by atoms with Gasteiger partial charge in [0.25, 0.3) is 10.0 Å². The van der Waals surface area contributed by atoms with Gasteiger partial charge in [0.05, 0.1) is 10.6 Å². The Bertz CT molecular complexity index is 1370. The zero-order valence-corrected chi connectivity index (χ0v) is 23.8. The fraction of sp³-hybridized carbons (Fsp3) is 0.310. The highest BCUT2D eigenvalue weighted by Gasteiger charge is 2.32. The smallest absolute Gasteiger partial charge is 0.264 e. The zero-order chi connectivity index (χ0) is 28.6. The third-order valence-electron chi connectivity index (χ3n) is 6.27. The van der Waals surface area contributed by atoms with Gasteiger partial charge in [-0.1, -0.05) is 54.8 Å². The van der Waals surface area contributed by atoms with Crippen molar-refractivity contribution in [3.05, 3.63) is 94.8 Å². The van der Waals surface area contributed by atoms with E-state index >= 15 is 0 Å². The number of halogens is 2. The Morgan fingerprint density at radius 3 is 2.18 bits per heavy atom. The van der Waals surface area contributed by atoms with E-state index < -0.39 is 34.3 Å². The molecule has 1 N–H and O–H groups in total. The third-order valence-corrected chi connectivity index (χ3v) is 8.31. The Balaban J connectivity index is 1.98. The van der Waals surface area contributed by atoms with E-state index in [4.69, 9.17) is 11.6 Å². The minimum atomic E-state index is -4.18. The molecule has 0 spiro atoms. The van der Waals surface area contributed by atoms with Crippen LogP contribution in [0.25, 0.3) is 0 Å². The first-order chi connectivity index (χ1) is 18.5. The molecule has 3 aromatic rings. The number of carbonyl (C=O) groups is 2. The summed E-state index contributed by atoms with van der Waals surface area (Å²) in [5, 5.41) is 3.20. The molecule has 0 saturated carbocycles. The lowest BCUT2D eigenvalue weighted by atomic mass is 10.1. The van der Waals surface area contributed by atoms with Gasteiger partial charge in [0, 0.05) is 18.1 Å². The number of nitrogens with one attached hydrogen (secondary N) is 1. The van der Waals surface area contributed by atoms with Crippen molar-refractivity contribution < 1.29 is 22.4 Å². The van der Waals surface area contributed by atoms with Crippen LogP contribution in [0.1, 0.15) is 37.8 Å². The molecule has 3 aromatic carbocycles. The summed E-state index contributed by atoms with van der Waals surface area (Å²) in [5.41, 5.74) is 1.82. The number of anilines is 1. The van der Waals surface area contributed by atoms with Crippen LogP contribution in [0, 0.1) is 12.7 Å². The molecule has 1 unspecified atom stereocenters. The zero-order valence-electron chi connectivity index (χ0n) is 22.2. The van der Waals surface area contributed by atoms with Crippen molar-refractivity contribution in [2.45, 2.75) is 51.1 Å². The standard InChI is InChI=1S/C29H33ClFN3O4S/c1-4-5-18-32-29(36)22(3)33(19-23-8-12-25(31)13-9-23)28(35)20-34(26-14-6-21(2)7-15-26)39(37,38)27-16-10-24(30)11-17-27/h6-17,22H,4-5,18-20H2,1-3H3,(H,32,36). The number of carbonyl (C=O) groups excluding carboxylic acids is 2. The number of hydrogen-bond donors (Lipinski definition) is 1. The first kappa shape index (κ1) is 30.1. The average Bonchev–Trinajstić information content (AvgIpc) is 2.91. The van der Waals surface area contributed by atoms with Crippen LogP contribution in [-0.4, -0.2) is 44.3 Å². The topological polar surface area (TPSA) is 86.8 Å². The Morgan fingerprint density at radius 1 is 0.974 bits per heavy atom. The average molecular weight is 574 g/mol. The van der Waals surface area contributed by atoms with Crippen molar-refractivity contribution in [2.75, 3.05) is 17.4 Å². The normalized spacial score (nSPS) is 12.0. The van der Waals surface area contributed by atoms with E-state index in [0.29, 0.717) is 22.8 Å². The lowest BCUT2D eigenvalue weighted by Gasteiger charge is -2.32. The Morgan fingerprint density at radius 2 is 1.59 bits per heavy atom. The van der Waals surface area contributed by atoms with Crippen LogP contribution in [0.4, 0.5) is 10.1 Å². The van der Waals surface area contributed by atoms with E-state index in [1.165, 1.54) is 53.4 Å². The van der Waals surface area contributed by atoms with Gasteiger partial charge in [-0.3, -0.25) is 13.9 Å². The predicted octanol–water partition coefficient (Wildman–Crippen LogP) is 5.32. The number of rotatable bonds is 12. The highest BCUT2D eigenvalue weighted by Crippen LogP contribution is 2.26. The van der Waals surface area contributed by atoms with E-state index in [2.05, 4.69) is 5.32 Å². The number of nitrogens with zero attached hydrogens (tertiary/aromatic N) is 2. The molecule has 0 aliphatic heterocycles. The van der Waals surface area contributed by atoms with Crippen LogP contribution in [0.15, 0.2) is 77.7 Å². The van der Waals surface area contributed by atoms with Gasteiger partial charge in [-0.05, 0) is 74.4 Å². The summed E-state index contributed by atoms with van der Waals surface area (Å²) in [5.74, 6) is -1.38. The summed E-state index contributed by atoms with van der Waals surface area (Å²) in [6.07, 6.45) is 1.67. The molecule has 208 valence electrons. The predicted molar refractivity (Wildman–Crippen MR) is 151 cm³/mol. The molecular weight excluding hydrogens is 541 g/mol. The maximum Gasteiger partial charge on any atom is 0.264 e. The van der Waals surface area contributed by atoms with Crippen molar-refractivity contribution in [1.29, 1.82) is 0 Å². The Labute approximate surface area is 234 Å². The Hall–Kier alpha value is -3.43. The summed E-state index contributed by atoms with van der Waals surface area (Å²) in [7, 11) is -4.18. The minimum Gasteiger partial charge on any atom is -0.354 e. The van der Waals surface area contributed by atoms with E-state index in [-0.39, 0.29) is 17.3 Å². The van der Waals surface area contributed by atoms with E-state index in [0.717, 1.165) is 22.7 Å². The number of benzene rings is 3. The SMILES string of the molecule is CCCCNC(=O)C(C)N(Cc1ccc(F)cc1)C(=O)CN(c1ccc(C)cc1)S(=O)(=O)c1ccc(Cl)cc1. The lowest BCUT2D eigenvalue weighted by molar-refractivity contribution is -0.139. The van der Waals surface area contributed by atoms with E-state index in [9.17, 15) is 22.4 Å². The van der Waals surface area contributed by atoms with Gasteiger partial charge in [0.1, 0.15) is 18.4 Å². The minimum absolute atomic E-state index is 0.00971. The summed E-state index contributed by atoms with van der Waals surface area (Å²) in [6.45, 7) is 5.36. The van der Waals surface area contributed by atoms with Gasteiger partial charge >= 0.3 is 0 Å². The molecule has 10 heteroatoms. The van der Waals surface area contributed by atoms with Crippen LogP contribution in [0.3, 0.4) is 0 Å². The van der Waals surface area contributed by atoms with Crippen molar-refractivity contribution in [3.63, 3.8) is 0 Å². The molecule has 0 bridgehead atoms. The number of hydrogen-bond acceptors (Lipinski definition) is 4. The van der Waals surface area contributed by atoms with Gasteiger partial charge in [0.15, 0.2) is 0 Å². The van der Waals surface area contributed by atoms with Crippen LogP contribution in [0.2, 0.25) is 5.02 Å². The molecule has 0 aliphatic carbocycles. The highest BCUT2D eigenvalue weighted by molar-refractivity contribution is 7.92. The molecule has 0 aliphatic rings. The van der Waals surface area contributed by atoms with Crippen LogP contribution >= 0.6 is 11.6 Å². The molecule has 0 saturated heterocycles. The summed E-state index contributed by atoms with van der Waals surface area (Å²) in [6, 6.07) is 17.1. The first-order valence-electron chi connectivity index (χ1n) is 12.7. The first-order valence-corrected chi connectivity index (χ1v) is 14.5. The third kappa shape index (κ3) is 8.03. The molecule has 2 amide bonds. The second kappa shape index (κ2) is 13.6. The second-order valence-corrected chi connectivity index (χ2v) is 11.6. The molecule has 0 fully saturated rings.